The van der Waals surface area contributed by atoms with Gasteiger partial charge in [0.25, 0.3) is 0 Å². The first-order valence-electron chi connectivity index (χ1n) is 9.31. The highest BCUT2D eigenvalue weighted by Crippen LogP contribution is 2.32. The summed E-state index contributed by atoms with van der Waals surface area (Å²) < 4.78 is 10.4. The molecule has 4 aromatic rings. The van der Waals surface area contributed by atoms with E-state index in [1.807, 2.05) is 60.7 Å². The van der Waals surface area contributed by atoms with Crippen LogP contribution in [-0.4, -0.2) is 25.0 Å². The summed E-state index contributed by atoms with van der Waals surface area (Å²) in [5, 5.41) is 0. The summed E-state index contributed by atoms with van der Waals surface area (Å²) >= 11 is 0. The van der Waals surface area contributed by atoms with E-state index < -0.39 is 0 Å². The highest BCUT2D eigenvalue weighted by molar-refractivity contribution is 6.12. The van der Waals surface area contributed by atoms with Crippen molar-refractivity contribution >= 4 is 5.78 Å². The molecule has 0 saturated heterocycles. The zero-order chi connectivity index (χ0) is 20.2. The number of methoxy groups -OCH3 is 2. The summed E-state index contributed by atoms with van der Waals surface area (Å²) in [6.45, 7) is 0. The molecule has 3 aromatic carbocycles. The lowest BCUT2D eigenvalue weighted by Gasteiger charge is -2.05. The first-order valence-corrected chi connectivity index (χ1v) is 9.31. The van der Waals surface area contributed by atoms with Crippen molar-refractivity contribution < 1.29 is 14.3 Å². The molecule has 0 atom stereocenters. The van der Waals surface area contributed by atoms with Gasteiger partial charge in [0.05, 0.1) is 19.9 Å². The van der Waals surface area contributed by atoms with E-state index in [1.54, 1.807) is 38.5 Å². The zero-order valence-electron chi connectivity index (χ0n) is 16.3. The van der Waals surface area contributed by atoms with Crippen LogP contribution in [0, 0.1) is 0 Å². The third-order valence-corrected chi connectivity index (χ3v) is 4.88. The normalized spacial score (nSPS) is 10.6. The molecule has 1 aromatic heterocycles. The maximum atomic E-state index is 13.3. The number of ether oxygens (including phenoxy) is 2. The Bertz CT molecular complexity index is 1110. The first kappa shape index (κ1) is 18.6. The summed E-state index contributed by atoms with van der Waals surface area (Å²) in [6, 6.07) is 26.8. The fourth-order valence-electron chi connectivity index (χ4n) is 3.29. The highest BCUT2D eigenvalue weighted by atomic mass is 16.5. The molecule has 0 aliphatic heterocycles. The van der Waals surface area contributed by atoms with Crippen molar-refractivity contribution in [2.75, 3.05) is 14.2 Å². The van der Waals surface area contributed by atoms with Gasteiger partial charge >= 0.3 is 0 Å². The van der Waals surface area contributed by atoms with Crippen LogP contribution in [0.25, 0.3) is 22.4 Å². The van der Waals surface area contributed by atoms with Crippen molar-refractivity contribution in [3.63, 3.8) is 0 Å². The average Bonchev–Trinajstić information content (AvgIpc) is 3.25. The van der Waals surface area contributed by atoms with Gasteiger partial charge in [-0.2, -0.15) is 0 Å². The van der Waals surface area contributed by atoms with Crippen LogP contribution in [0.15, 0.2) is 84.9 Å². The van der Waals surface area contributed by atoms with Crippen LogP contribution in [0.1, 0.15) is 16.1 Å². The molecular weight excluding hydrogens is 362 g/mol. The molecule has 0 aliphatic carbocycles. The van der Waals surface area contributed by atoms with Gasteiger partial charge in [-0.25, -0.2) is 0 Å². The number of carbonyl (C=O) groups is 1. The van der Waals surface area contributed by atoms with Gasteiger partial charge in [0.15, 0.2) is 0 Å². The third-order valence-electron chi connectivity index (χ3n) is 4.88. The van der Waals surface area contributed by atoms with Crippen molar-refractivity contribution in [2.24, 2.45) is 0 Å². The Kier molecular flexibility index (Phi) is 5.16. The highest BCUT2D eigenvalue weighted by Gasteiger charge is 2.19. The van der Waals surface area contributed by atoms with Crippen molar-refractivity contribution in [3.8, 4) is 33.9 Å². The van der Waals surface area contributed by atoms with E-state index in [9.17, 15) is 4.79 Å². The van der Waals surface area contributed by atoms with Crippen LogP contribution in [0.3, 0.4) is 0 Å². The molecule has 0 aliphatic rings. The zero-order valence-corrected chi connectivity index (χ0v) is 16.3. The maximum Gasteiger partial charge on any atom is 0.209 e. The van der Waals surface area contributed by atoms with Gasteiger partial charge in [-0.3, -0.25) is 4.79 Å². The molecule has 4 nitrogen and oxygen atoms in total. The second kappa shape index (κ2) is 8.07. The topological polar surface area (TPSA) is 51.3 Å². The number of hydrogen-bond acceptors (Lipinski definition) is 3. The molecular formula is C25H21NO3. The van der Waals surface area contributed by atoms with Crippen LogP contribution in [-0.2, 0) is 0 Å². The van der Waals surface area contributed by atoms with Gasteiger partial charge < -0.3 is 14.5 Å². The van der Waals surface area contributed by atoms with E-state index in [-0.39, 0.29) is 5.78 Å². The Morgan fingerprint density at radius 1 is 0.724 bits per heavy atom. The molecule has 29 heavy (non-hydrogen) atoms. The molecule has 0 spiro atoms. The van der Waals surface area contributed by atoms with E-state index >= 15 is 0 Å². The lowest BCUT2D eigenvalue weighted by molar-refractivity contribution is 0.103. The summed E-state index contributed by atoms with van der Waals surface area (Å²) in [6.07, 6.45) is 0. The fourth-order valence-corrected chi connectivity index (χ4v) is 3.29. The third kappa shape index (κ3) is 3.78. The number of carbonyl (C=O) groups excluding carboxylic acids is 1. The predicted octanol–water partition coefficient (Wildman–Crippen LogP) is 5.60. The van der Waals surface area contributed by atoms with E-state index in [2.05, 4.69) is 4.98 Å². The van der Waals surface area contributed by atoms with E-state index in [0.29, 0.717) is 11.3 Å². The van der Waals surface area contributed by atoms with E-state index in [4.69, 9.17) is 9.47 Å². The number of ketones is 1. The minimum Gasteiger partial charge on any atom is -0.497 e. The molecule has 0 saturated carbocycles. The monoisotopic (exact) mass is 383 g/mol. The molecule has 1 N–H and O–H groups in total. The molecule has 0 radical (unpaired) electrons. The lowest BCUT2D eigenvalue weighted by Crippen LogP contribution is -2.03. The minimum atomic E-state index is -0.0636. The number of rotatable bonds is 6. The SMILES string of the molecule is COc1ccc(C(=O)c2[nH]c(-c3ccc(OC)cc3)cc2-c2ccccc2)cc1. The Labute approximate surface area is 169 Å². The first-order chi connectivity index (χ1) is 14.2. The van der Waals surface area contributed by atoms with Crippen molar-refractivity contribution in [1.82, 2.24) is 4.98 Å². The van der Waals surface area contributed by atoms with Gasteiger partial charge in [-0.1, -0.05) is 30.3 Å². The molecule has 0 amide bonds. The summed E-state index contributed by atoms with van der Waals surface area (Å²) in [7, 11) is 3.25. The fraction of sp³-hybridized carbons (Fsp3) is 0.0800. The van der Waals surface area contributed by atoms with E-state index in [0.717, 1.165) is 33.9 Å². The van der Waals surface area contributed by atoms with Gasteiger partial charge in [0.2, 0.25) is 5.78 Å². The van der Waals surface area contributed by atoms with E-state index in [1.165, 1.54) is 0 Å². The Hall–Kier alpha value is -3.79. The van der Waals surface area contributed by atoms with Crippen LogP contribution >= 0.6 is 0 Å². The standard InChI is InChI=1S/C25H21NO3/c1-28-20-12-8-18(9-13-20)23-16-22(17-6-4-3-5-7-17)24(26-23)25(27)19-10-14-21(29-2)15-11-19/h3-16,26H,1-2H3. The molecule has 4 rings (SSSR count). The van der Waals surface area contributed by atoms with Gasteiger partial charge in [0, 0.05) is 16.8 Å². The molecule has 4 heteroatoms. The van der Waals surface area contributed by atoms with Crippen LogP contribution in [0.2, 0.25) is 0 Å². The van der Waals surface area contributed by atoms with Crippen LogP contribution in [0.5, 0.6) is 11.5 Å². The van der Waals surface area contributed by atoms with Crippen molar-refractivity contribution in [1.29, 1.82) is 0 Å². The van der Waals surface area contributed by atoms with Crippen LogP contribution < -0.4 is 9.47 Å². The Morgan fingerprint density at radius 2 is 1.31 bits per heavy atom. The second-order valence-electron chi connectivity index (χ2n) is 6.62. The molecule has 0 unspecified atom stereocenters. The van der Waals surface area contributed by atoms with Gasteiger partial charge in [-0.15, -0.1) is 0 Å². The number of nitrogens with one attached hydrogen (secondary N) is 1. The number of H-pyrrole nitrogens is 1. The average molecular weight is 383 g/mol. The number of hydrogen-bond donors (Lipinski definition) is 1. The van der Waals surface area contributed by atoms with Crippen molar-refractivity contribution in [2.45, 2.75) is 0 Å². The van der Waals surface area contributed by atoms with Gasteiger partial charge in [-0.05, 0) is 65.7 Å². The lowest BCUT2D eigenvalue weighted by atomic mass is 10.00. The molecule has 0 fully saturated rings. The quantitative estimate of drug-likeness (QED) is 0.441. The number of aromatic amines is 1. The number of aromatic nitrogens is 1. The number of benzene rings is 3. The van der Waals surface area contributed by atoms with Crippen molar-refractivity contribution in [3.05, 3.63) is 96.2 Å². The Balaban J connectivity index is 1.80. The smallest absolute Gasteiger partial charge is 0.209 e. The van der Waals surface area contributed by atoms with Crippen LogP contribution in [0.4, 0.5) is 0 Å². The minimum absolute atomic E-state index is 0.0636. The second-order valence-corrected chi connectivity index (χ2v) is 6.62. The summed E-state index contributed by atoms with van der Waals surface area (Å²) in [5.41, 5.74) is 4.89. The van der Waals surface area contributed by atoms with Gasteiger partial charge in [0.1, 0.15) is 11.5 Å². The maximum absolute atomic E-state index is 13.3. The Morgan fingerprint density at radius 3 is 1.90 bits per heavy atom. The molecule has 144 valence electrons. The molecule has 1 heterocycles. The predicted molar refractivity (Wildman–Crippen MR) is 115 cm³/mol. The summed E-state index contributed by atoms with van der Waals surface area (Å²) in [5.74, 6) is 1.44. The largest absolute Gasteiger partial charge is 0.497 e. The molecule has 0 bridgehead atoms. The summed E-state index contributed by atoms with van der Waals surface area (Å²) in [4.78, 5) is 16.6.